The zero-order valence-corrected chi connectivity index (χ0v) is 14.4. The molecule has 0 aromatic heterocycles. The second-order valence-electron chi connectivity index (χ2n) is 3.96. The molecule has 0 aliphatic rings. The number of hydrogen-bond acceptors (Lipinski definition) is 5. The molecule has 0 aliphatic heterocycles. The molecule has 9 heteroatoms. The van der Waals surface area contributed by atoms with Crippen LogP contribution in [0.3, 0.4) is 0 Å². The van der Waals surface area contributed by atoms with E-state index in [1.54, 1.807) is 7.11 Å². The third kappa shape index (κ3) is 6.59. The van der Waals surface area contributed by atoms with E-state index in [1.165, 1.54) is 6.07 Å². The van der Waals surface area contributed by atoms with Crippen molar-refractivity contribution in [2.45, 2.75) is 11.3 Å². The van der Waals surface area contributed by atoms with Gasteiger partial charge in [-0.25, -0.2) is 8.42 Å². The van der Waals surface area contributed by atoms with Gasteiger partial charge in [-0.05, 0) is 6.07 Å². The minimum atomic E-state index is -3.94. The highest BCUT2D eigenvalue weighted by Gasteiger charge is 2.18. The van der Waals surface area contributed by atoms with E-state index in [1.807, 2.05) is 0 Å². The van der Waals surface area contributed by atoms with Gasteiger partial charge < -0.3 is 14.2 Å². The number of benzene rings is 1. The fourth-order valence-corrected chi connectivity index (χ4v) is 3.19. The Morgan fingerprint density at radius 3 is 2.38 bits per heavy atom. The van der Waals surface area contributed by atoms with Gasteiger partial charge in [0.15, 0.2) is 0 Å². The van der Waals surface area contributed by atoms with Gasteiger partial charge >= 0.3 is 0 Å². The molecule has 0 amide bonds. The quantitative estimate of drug-likeness (QED) is 0.488. The van der Waals surface area contributed by atoms with Crippen molar-refractivity contribution in [3.63, 3.8) is 0 Å². The summed E-state index contributed by atoms with van der Waals surface area (Å²) in [5, 5.41) is 0.0830. The standard InChI is InChI=1S/C12H15Cl3O5S/c1-18-5-6-19-3-2-4-20-11-7-10(14)12(8-9(11)13)21(15,16)17/h7-8H,2-6H2,1H3. The van der Waals surface area contributed by atoms with E-state index < -0.39 is 9.05 Å². The second-order valence-corrected chi connectivity index (χ2v) is 7.31. The zero-order valence-electron chi connectivity index (χ0n) is 11.3. The van der Waals surface area contributed by atoms with Gasteiger partial charge in [-0.3, -0.25) is 0 Å². The molecule has 0 N–H and O–H groups in total. The molecule has 0 radical (unpaired) electrons. The Morgan fingerprint density at radius 1 is 1.05 bits per heavy atom. The predicted molar refractivity (Wildman–Crippen MR) is 82.3 cm³/mol. The maximum atomic E-state index is 11.3. The van der Waals surface area contributed by atoms with Crippen molar-refractivity contribution in [3.8, 4) is 5.75 Å². The summed E-state index contributed by atoms with van der Waals surface area (Å²) in [6.45, 7) is 1.93. The molecule has 0 spiro atoms. The molecular weight excluding hydrogens is 363 g/mol. The van der Waals surface area contributed by atoms with Crippen LogP contribution in [0, 0.1) is 0 Å². The van der Waals surface area contributed by atoms with E-state index in [2.05, 4.69) is 0 Å². The molecule has 0 aliphatic carbocycles. The van der Waals surface area contributed by atoms with Gasteiger partial charge in [-0.2, -0.15) is 0 Å². The van der Waals surface area contributed by atoms with E-state index in [-0.39, 0.29) is 14.9 Å². The summed E-state index contributed by atoms with van der Waals surface area (Å²) in [6.07, 6.45) is 0.646. The molecule has 0 bridgehead atoms. The molecule has 1 rings (SSSR count). The Morgan fingerprint density at radius 2 is 1.76 bits per heavy atom. The van der Waals surface area contributed by atoms with Gasteiger partial charge in [0.2, 0.25) is 0 Å². The highest BCUT2D eigenvalue weighted by Crippen LogP contribution is 2.34. The van der Waals surface area contributed by atoms with Gasteiger partial charge in [-0.15, -0.1) is 0 Å². The minimum absolute atomic E-state index is 0.0410. The highest BCUT2D eigenvalue weighted by atomic mass is 35.7. The van der Waals surface area contributed by atoms with E-state index in [0.29, 0.717) is 38.6 Å². The molecule has 0 saturated carbocycles. The van der Waals surface area contributed by atoms with Crippen molar-refractivity contribution in [2.75, 3.05) is 33.5 Å². The van der Waals surface area contributed by atoms with Crippen LogP contribution in [0.1, 0.15) is 6.42 Å². The van der Waals surface area contributed by atoms with Crippen LogP contribution in [0.2, 0.25) is 10.0 Å². The molecule has 120 valence electrons. The third-order valence-corrected chi connectivity index (χ3v) is 4.45. The minimum Gasteiger partial charge on any atom is -0.492 e. The third-order valence-electron chi connectivity index (χ3n) is 2.37. The van der Waals surface area contributed by atoms with Gasteiger partial charge in [-0.1, -0.05) is 23.2 Å². The van der Waals surface area contributed by atoms with Crippen LogP contribution >= 0.6 is 33.9 Å². The molecule has 0 saturated heterocycles. The summed E-state index contributed by atoms with van der Waals surface area (Å²) in [5.41, 5.74) is 0. The summed E-state index contributed by atoms with van der Waals surface area (Å²) in [5.74, 6) is 0.294. The van der Waals surface area contributed by atoms with Crippen molar-refractivity contribution in [1.29, 1.82) is 0 Å². The van der Waals surface area contributed by atoms with Crippen molar-refractivity contribution in [2.24, 2.45) is 0 Å². The Kier molecular flexibility index (Phi) is 8.08. The maximum absolute atomic E-state index is 11.3. The monoisotopic (exact) mass is 376 g/mol. The summed E-state index contributed by atoms with van der Waals surface area (Å²) in [4.78, 5) is -0.244. The summed E-state index contributed by atoms with van der Waals surface area (Å²) >= 11 is 11.8. The molecule has 21 heavy (non-hydrogen) atoms. The van der Waals surface area contributed by atoms with Gasteiger partial charge in [0.1, 0.15) is 10.6 Å². The number of hydrogen-bond donors (Lipinski definition) is 0. The fraction of sp³-hybridized carbons (Fsp3) is 0.500. The van der Waals surface area contributed by atoms with Crippen molar-refractivity contribution >= 4 is 42.9 Å². The normalized spacial score (nSPS) is 11.6. The molecule has 0 fully saturated rings. The van der Waals surface area contributed by atoms with Crippen LogP contribution < -0.4 is 4.74 Å². The number of halogens is 3. The smallest absolute Gasteiger partial charge is 0.262 e. The number of rotatable bonds is 9. The average molecular weight is 378 g/mol. The largest absolute Gasteiger partial charge is 0.492 e. The molecule has 0 heterocycles. The molecule has 1 aromatic carbocycles. The Bertz CT molecular complexity index is 562. The first kappa shape index (κ1) is 18.8. The summed E-state index contributed by atoms with van der Waals surface area (Å²) in [6, 6.07) is 2.49. The lowest BCUT2D eigenvalue weighted by molar-refractivity contribution is 0.0644. The van der Waals surface area contributed by atoms with E-state index in [9.17, 15) is 8.42 Å². The predicted octanol–water partition coefficient (Wildman–Crippen LogP) is 3.35. The number of ether oxygens (including phenoxy) is 3. The Hall–Kier alpha value is -0.240. The SMILES string of the molecule is COCCOCCCOc1cc(Cl)c(S(=O)(=O)Cl)cc1Cl. The lowest BCUT2D eigenvalue weighted by atomic mass is 10.3. The van der Waals surface area contributed by atoms with Crippen molar-refractivity contribution < 1.29 is 22.6 Å². The molecular formula is C12H15Cl3O5S. The molecule has 5 nitrogen and oxygen atoms in total. The second kappa shape index (κ2) is 9.02. The van der Waals surface area contributed by atoms with Crippen LogP contribution in [-0.2, 0) is 18.5 Å². The lowest BCUT2D eigenvalue weighted by Gasteiger charge is -2.10. The van der Waals surface area contributed by atoms with Crippen LogP contribution in [0.15, 0.2) is 17.0 Å². The fourth-order valence-electron chi connectivity index (χ4n) is 1.40. The Balaban J connectivity index is 2.52. The van der Waals surface area contributed by atoms with Crippen molar-refractivity contribution in [1.82, 2.24) is 0 Å². The van der Waals surface area contributed by atoms with Gasteiger partial charge in [0.25, 0.3) is 9.05 Å². The first-order valence-electron chi connectivity index (χ1n) is 5.99. The van der Waals surface area contributed by atoms with E-state index >= 15 is 0 Å². The van der Waals surface area contributed by atoms with Crippen LogP contribution in [0.4, 0.5) is 0 Å². The first-order valence-corrected chi connectivity index (χ1v) is 9.06. The molecule has 1 aromatic rings. The van der Waals surface area contributed by atoms with Crippen molar-refractivity contribution in [3.05, 3.63) is 22.2 Å². The maximum Gasteiger partial charge on any atom is 0.262 e. The summed E-state index contributed by atoms with van der Waals surface area (Å²) < 4.78 is 38.0. The molecule has 0 atom stereocenters. The lowest BCUT2D eigenvalue weighted by Crippen LogP contribution is -2.07. The van der Waals surface area contributed by atoms with Crippen LogP contribution in [0.25, 0.3) is 0 Å². The zero-order chi connectivity index (χ0) is 15.9. The van der Waals surface area contributed by atoms with Gasteiger partial charge in [0.05, 0.1) is 29.9 Å². The highest BCUT2D eigenvalue weighted by molar-refractivity contribution is 8.13. The van der Waals surface area contributed by atoms with E-state index in [4.69, 9.17) is 48.1 Å². The Labute approximate surface area is 138 Å². The average Bonchev–Trinajstić information content (AvgIpc) is 2.39. The first-order chi connectivity index (χ1) is 9.86. The molecule has 0 unspecified atom stereocenters. The number of methoxy groups -OCH3 is 1. The topological polar surface area (TPSA) is 61.8 Å². The van der Waals surface area contributed by atoms with Gasteiger partial charge in [0, 0.05) is 36.9 Å². The van der Waals surface area contributed by atoms with Crippen LogP contribution in [0.5, 0.6) is 5.75 Å². The summed E-state index contributed by atoms with van der Waals surface area (Å²) in [7, 11) is 2.89. The van der Waals surface area contributed by atoms with Crippen LogP contribution in [-0.4, -0.2) is 42.0 Å². The van der Waals surface area contributed by atoms with E-state index in [0.717, 1.165) is 6.07 Å².